The molecule has 2 aromatic rings. The standard InChI is InChI=1S/C11H11ClFN3O2/c1-6(14)11-15-10(16-18-11)5-17-9-3-2-7(13)4-8(9)12/h2-4,6H,5,14H2,1H3. The third-order valence-corrected chi connectivity index (χ3v) is 2.42. The molecule has 1 atom stereocenters. The number of rotatable bonds is 4. The van der Waals surface area contributed by atoms with Crippen LogP contribution in [0.2, 0.25) is 5.02 Å². The number of halogens is 2. The van der Waals surface area contributed by atoms with Crippen LogP contribution in [0.15, 0.2) is 22.7 Å². The molecule has 5 nitrogen and oxygen atoms in total. The molecular weight excluding hydrogens is 261 g/mol. The molecule has 0 bridgehead atoms. The Morgan fingerprint density at radius 3 is 2.94 bits per heavy atom. The maximum absolute atomic E-state index is 12.8. The van der Waals surface area contributed by atoms with E-state index in [1.54, 1.807) is 6.92 Å². The number of hydrogen-bond donors (Lipinski definition) is 1. The second-order valence-electron chi connectivity index (χ2n) is 3.70. The zero-order valence-corrected chi connectivity index (χ0v) is 10.3. The van der Waals surface area contributed by atoms with Crippen LogP contribution in [0.3, 0.4) is 0 Å². The molecule has 1 unspecified atom stereocenters. The van der Waals surface area contributed by atoms with Crippen LogP contribution in [0.25, 0.3) is 0 Å². The van der Waals surface area contributed by atoms with Crippen LogP contribution in [0.5, 0.6) is 5.75 Å². The Hall–Kier alpha value is -1.66. The van der Waals surface area contributed by atoms with E-state index in [-0.39, 0.29) is 17.7 Å². The Kier molecular flexibility index (Phi) is 3.78. The van der Waals surface area contributed by atoms with Gasteiger partial charge in [-0.1, -0.05) is 16.8 Å². The topological polar surface area (TPSA) is 74.2 Å². The van der Waals surface area contributed by atoms with E-state index < -0.39 is 5.82 Å². The van der Waals surface area contributed by atoms with E-state index in [2.05, 4.69) is 10.1 Å². The minimum Gasteiger partial charge on any atom is -0.484 e. The second kappa shape index (κ2) is 5.32. The normalized spacial score (nSPS) is 12.4. The van der Waals surface area contributed by atoms with Gasteiger partial charge in [-0.2, -0.15) is 4.98 Å². The number of hydrogen-bond acceptors (Lipinski definition) is 5. The third kappa shape index (κ3) is 2.96. The van der Waals surface area contributed by atoms with Crippen molar-refractivity contribution in [2.75, 3.05) is 0 Å². The van der Waals surface area contributed by atoms with Crippen molar-refractivity contribution in [1.82, 2.24) is 10.1 Å². The Labute approximate surface area is 108 Å². The summed E-state index contributed by atoms with van der Waals surface area (Å²) >= 11 is 5.80. The van der Waals surface area contributed by atoms with E-state index in [0.717, 1.165) is 0 Å². The summed E-state index contributed by atoms with van der Waals surface area (Å²) in [6.45, 7) is 1.80. The molecule has 7 heteroatoms. The Bertz CT molecular complexity index is 545. The fraction of sp³-hybridized carbons (Fsp3) is 0.273. The van der Waals surface area contributed by atoms with Crippen molar-refractivity contribution in [3.05, 3.63) is 40.8 Å². The molecule has 0 aliphatic heterocycles. The number of aromatic nitrogens is 2. The zero-order chi connectivity index (χ0) is 13.1. The van der Waals surface area contributed by atoms with Gasteiger partial charge in [0, 0.05) is 0 Å². The van der Waals surface area contributed by atoms with Crippen molar-refractivity contribution in [3.8, 4) is 5.75 Å². The highest BCUT2D eigenvalue weighted by atomic mass is 35.5. The number of benzene rings is 1. The molecule has 0 aliphatic rings. The monoisotopic (exact) mass is 271 g/mol. The van der Waals surface area contributed by atoms with E-state index in [1.807, 2.05) is 0 Å². The summed E-state index contributed by atoms with van der Waals surface area (Å²) in [5.41, 5.74) is 5.58. The maximum Gasteiger partial charge on any atom is 0.243 e. The zero-order valence-electron chi connectivity index (χ0n) is 9.56. The predicted octanol–water partition coefficient (Wildman–Crippen LogP) is 2.46. The average molecular weight is 272 g/mol. The summed E-state index contributed by atoms with van der Waals surface area (Å²) in [5.74, 6) is 0.609. The van der Waals surface area contributed by atoms with Crippen molar-refractivity contribution in [2.45, 2.75) is 19.6 Å². The fourth-order valence-corrected chi connectivity index (χ4v) is 1.47. The summed E-state index contributed by atoms with van der Waals surface area (Å²) in [6, 6.07) is 3.52. The van der Waals surface area contributed by atoms with E-state index in [1.165, 1.54) is 18.2 Å². The molecule has 0 saturated carbocycles. The van der Waals surface area contributed by atoms with Gasteiger partial charge >= 0.3 is 0 Å². The highest BCUT2D eigenvalue weighted by Crippen LogP contribution is 2.25. The summed E-state index contributed by atoms with van der Waals surface area (Å²) in [5, 5.41) is 3.88. The third-order valence-electron chi connectivity index (χ3n) is 2.12. The summed E-state index contributed by atoms with van der Waals surface area (Å²) in [7, 11) is 0. The van der Waals surface area contributed by atoms with Crippen LogP contribution >= 0.6 is 11.6 Å². The highest BCUT2D eigenvalue weighted by Gasteiger charge is 2.11. The largest absolute Gasteiger partial charge is 0.484 e. The van der Waals surface area contributed by atoms with Gasteiger partial charge in [-0.25, -0.2) is 4.39 Å². The average Bonchev–Trinajstić information content (AvgIpc) is 2.76. The van der Waals surface area contributed by atoms with Crippen molar-refractivity contribution >= 4 is 11.6 Å². The van der Waals surface area contributed by atoms with Gasteiger partial charge in [-0.3, -0.25) is 0 Å². The Morgan fingerprint density at radius 2 is 2.33 bits per heavy atom. The number of nitrogens with zero attached hydrogens (tertiary/aromatic N) is 2. The molecule has 96 valence electrons. The van der Waals surface area contributed by atoms with Crippen LogP contribution in [0.1, 0.15) is 24.7 Å². The van der Waals surface area contributed by atoms with E-state index in [9.17, 15) is 4.39 Å². The van der Waals surface area contributed by atoms with Crippen LogP contribution < -0.4 is 10.5 Å². The van der Waals surface area contributed by atoms with Gasteiger partial charge in [0.2, 0.25) is 11.7 Å². The first-order chi connectivity index (χ1) is 8.56. The van der Waals surface area contributed by atoms with Gasteiger partial charge in [0.15, 0.2) is 6.61 Å². The highest BCUT2D eigenvalue weighted by molar-refractivity contribution is 6.32. The molecule has 0 fully saturated rings. The summed E-state index contributed by atoms with van der Waals surface area (Å²) in [4.78, 5) is 4.03. The molecule has 1 aromatic heterocycles. The van der Waals surface area contributed by atoms with Crippen LogP contribution in [-0.4, -0.2) is 10.1 Å². The minimum absolute atomic E-state index is 0.0710. The van der Waals surface area contributed by atoms with Gasteiger partial charge < -0.3 is 15.0 Å². The van der Waals surface area contributed by atoms with Crippen molar-refractivity contribution in [1.29, 1.82) is 0 Å². The predicted molar refractivity (Wildman–Crippen MR) is 62.6 cm³/mol. The Morgan fingerprint density at radius 1 is 1.56 bits per heavy atom. The molecule has 2 N–H and O–H groups in total. The lowest BCUT2D eigenvalue weighted by Gasteiger charge is -2.05. The van der Waals surface area contributed by atoms with Crippen molar-refractivity contribution in [2.24, 2.45) is 5.73 Å². The van der Waals surface area contributed by atoms with Gasteiger partial charge in [-0.05, 0) is 25.1 Å². The summed E-state index contributed by atoms with van der Waals surface area (Å²) in [6.07, 6.45) is 0. The molecule has 2 rings (SSSR count). The lowest BCUT2D eigenvalue weighted by molar-refractivity contribution is 0.284. The maximum atomic E-state index is 12.8. The van der Waals surface area contributed by atoms with E-state index in [0.29, 0.717) is 17.5 Å². The molecule has 0 saturated heterocycles. The second-order valence-corrected chi connectivity index (χ2v) is 4.11. The Balaban J connectivity index is 2.02. The molecule has 1 heterocycles. The molecule has 18 heavy (non-hydrogen) atoms. The minimum atomic E-state index is -0.425. The molecular formula is C11H11ClFN3O2. The van der Waals surface area contributed by atoms with Gasteiger partial charge in [0.25, 0.3) is 0 Å². The smallest absolute Gasteiger partial charge is 0.243 e. The first-order valence-corrected chi connectivity index (χ1v) is 5.60. The van der Waals surface area contributed by atoms with Gasteiger partial charge in [0.1, 0.15) is 11.6 Å². The van der Waals surface area contributed by atoms with Crippen molar-refractivity contribution in [3.63, 3.8) is 0 Å². The molecule has 0 amide bonds. The quantitative estimate of drug-likeness (QED) is 0.924. The molecule has 0 spiro atoms. The first kappa shape index (κ1) is 12.8. The van der Waals surface area contributed by atoms with E-state index in [4.69, 9.17) is 26.6 Å². The van der Waals surface area contributed by atoms with Crippen LogP contribution in [0.4, 0.5) is 4.39 Å². The number of ether oxygens (including phenoxy) is 1. The fourth-order valence-electron chi connectivity index (χ4n) is 1.25. The molecule has 0 aliphatic carbocycles. The molecule has 0 radical (unpaired) electrons. The first-order valence-electron chi connectivity index (χ1n) is 5.22. The van der Waals surface area contributed by atoms with Crippen LogP contribution in [-0.2, 0) is 6.61 Å². The molecule has 1 aromatic carbocycles. The SMILES string of the molecule is CC(N)c1nc(COc2ccc(F)cc2Cl)no1. The number of nitrogens with two attached hydrogens (primary N) is 1. The lowest BCUT2D eigenvalue weighted by Crippen LogP contribution is -2.05. The van der Waals surface area contributed by atoms with E-state index >= 15 is 0 Å². The van der Waals surface area contributed by atoms with Gasteiger partial charge in [-0.15, -0.1) is 0 Å². The van der Waals surface area contributed by atoms with Crippen LogP contribution in [0, 0.1) is 5.82 Å². The summed E-state index contributed by atoms with van der Waals surface area (Å²) < 4.78 is 23.1. The van der Waals surface area contributed by atoms with Gasteiger partial charge in [0.05, 0.1) is 11.1 Å². The lowest BCUT2D eigenvalue weighted by atomic mass is 10.3. The van der Waals surface area contributed by atoms with Crippen molar-refractivity contribution < 1.29 is 13.7 Å².